The van der Waals surface area contributed by atoms with Gasteiger partial charge in [0.2, 0.25) is 0 Å². The van der Waals surface area contributed by atoms with Gasteiger partial charge in [-0.1, -0.05) is 67.7 Å². The van der Waals surface area contributed by atoms with Crippen LogP contribution in [-0.4, -0.2) is 11.5 Å². The number of aromatic nitrogens is 1. The highest BCUT2D eigenvalue weighted by Gasteiger charge is 2.11. The van der Waals surface area contributed by atoms with E-state index in [4.69, 9.17) is 23.2 Å². The maximum Gasteiger partial charge on any atom is 0.145 e. The molecule has 0 amide bonds. The number of halogens is 2. The number of pyridine rings is 1. The molecule has 1 aromatic carbocycles. The number of benzene rings is 1. The third-order valence-corrected chi connectivity index (χ3v) is 3.81. The summed E-state index contributed by atoms with van der Waals surface area (Å²) in [6, 6.07) is 10.1. The van der Waals surface area contributed by atoms with Gasteiger partial charge in [0.1, 0.15) is 5.82 Å². The average Bonchev–Trinajstić information content (AvgIpc) is 2.48. The molecule has 0 radical (unpaired) electrons. The van der Waals surface area contributed by atoms with Crippen LogP contribution in [0.25, 0.3) is 11.3 Å². The van der Waals surface area contributed by atoms with Crippen molar-refractivity contribution in [2.45, 2.75) is 33.1 Å². The molecule has 0 aliphatic heterocycles. The van der Waals surface area contributed by atoms with E-state index in [0.717, 1.165) is 37.1 Å². The molecule has 21 heavy (non-hydrogen) atoms. The van der Waals surface area contributed by atoms with E-state index in [1.807, 2.05) is 0 Å². The van der Waals surface area contributed by atoms with Crippen molar-refractivity contribution in [3.8, 4) is 11.3 Å². The van der Waals surface area contributed by atoms with E-state index in [1.54, 1.807) is 6.07 Å². The summed E-state index contributed by atoms with van der Waals surface area (Å²) in [4.78, 5) is 4.58. The van der Waals surface area contributed by atoms with Gasteiger partial charge in [0.05, 0.1) is 15.7 Å². The number of rotatable bonds is 6. The Balaban J connectivity index is 2.33. The number of nitrogens with zero attached hydrogens (tertiary/aromatic N) is 1. The summed E-state index contributed by atoms with van der Waals surface area (Å²) in [5.74, 6) is 0.690. The van der Waals surface area contributed by atoms with E-state index in [0.29, 0.717) is 15.9 Å². The molecule has 4 heteroatoms. The lowest BCUT2D eigenvalue weighted by atomic mass is 10.1. The number of hydrogen-bond donors (Lipinski definition) is 1. The van der Waals surface area contributed by atoms with Gasteiger partial charge in [0.25, 0.3) is 0 Å². The van der Waals surface area contributed by atoms with Crippen molar-refractivity contribution in [2.24, 2.45) is 0 Å². The molecule has 2 aromatic rings. The molecule has 2 nitrogen and oxygen atoms in total. The third kappa shape index (κ3) is 4.12. The lowest BCUT2D eigenvalue weighted by molar-refractivity contribution is 0.922. The highest BCUT2D eigenvalue weighted by Crippen LogP contribution is 2.32. The molecule has 0 spiro atoms. The molecule has 0 fully saturated rings. The van der Waals surface area contributed by atoms with Gasteiger partial charge in [-0.15, -0.1) is 0 Å². The second-order valence-electron chi connectivity index (χ2n) is 5.02. The second-order valence-corrected chi connectivity index (χ2v) is 5.84. The molecule has 0 saturated heterocycles. The SMILES string of the molecule is CCCNc1nc(-c2ccc(CCC)cc2)c(Cl)cc1Cl. The summed E-state index contributed by atoms with van der Waals surface area (Å²) in [6.45, 7) is 5.12. The number of anilines is 1. The van der Waals surface area contributed by atoms with Crippen molar-refractivity contribution < 1.29 is 0 Å². The van der Waals surface area contributed by atoms with E-state index in [-0.39, 0.29) is 0 Å². The summed E-state index contributed by atoms with van der Waals surface area (Å²) in [6.07, 6.45) is 3.25. The van der Waals surface area contributed by atoms with E-state index in [2.05, 4.69) is 48.4 Å². The minimum absolute atomic E-state index is 0.555. The molecule has 0 aliphatic carbocycles. The highest BCUT2D eigenvalue weighted by molar-refractivity contribution is 6.37. The fourth-order valence-corrected chi connectivity index (χ4v) is 2.69. The van der Waals surface area contributed by atoms with Crippen LogP contribution in [0.4, 0.5) is 5.82 Å². The van der Waals surface area contributed by atoms with Crippen LogP contribution in [0.3, 0.4) is 0 Å². The Morgan fingerprint density at radius 3 is 2.33 bits per heavy atom. The Hall–Kier alpha value is -1.25. The summed E-state index contributed by atoms with van der Waals surface area (Å²) in [5, 5.41) is 4.36. The predicted octanol–water partition coefficient (Wildman–Crippen LogP) is 5.83. The first kappa shape index (κ1) is 16.1. The van der Waals surface area contributed by atoms with E-state index >= 15 is 0 Å². The summed E-state index contributed by atoms with van der Waals surface area (Å²) >= 11 is 12.5. The van der Waals surface area contributed by atoms with Crippen LogP contribution in [0.15, 0.2) is 30.3 Å². The molecule has 112 valence electrons. The Kier molecular flexibility index (Phi) is 5.89. The first-order chi connectivity index (χ1) is 10.2. The van der Waals surface area contributed by atoms with Crippen LogP contribution in [0.2, 0.25) is 10.0 Å². The topological polar surface area (TPSA) is 24.9 Å². The van der Waals surface area contributed by atoms with Gasteiger partial charge >= 0.3 is 0 Å². The molecule has 1 heterocycles. The molecule has 0 bridgehead atoms. The zero-order chi connectivity index (χ0) is 15.2. The fraction of sp³-hybridized carbons (Fsp3) is 0.353. The molecule has 0 saturated carbocycles. The Morgan fingerprint density at radius 1 is 1.00 bits per heavy atom. The molecule has 1 N–H and O–H groups in total. The lowest BCUT2D eigenvalue weighted by Crippen LogP contribution is -2.03. The largest absolute Gasteiger partial charge is 0.369 e. The molecule has 0 unspecified atom stereocenters. The fourth-order valence-electron chi connectivity index (χ4n) is 2.15. The van der Waals surface area contributed by atoms with Gasteiger partial charge < -0.3 is 5.32 Å². The second kappa shape index (κ2) is 7.67. The predicted molar refractivity (Wildman–Crippen MR) is 92.5 cm³/mol. The number of aryl methyl sites for hydroxylation is 1. The molecular weight excluding hydrogens is 303 g/mol. The van der Waals surface area contributed by atoms with Crippen molar-refractivity contribution in [3.05, 3.63) is 45.9 Å². The normalized spacial score (nSPS) is 10.7. The summed E-state index contributed by atoms with van der Waals surface area (Å²) < 4.78 is 0. The maximum atomic E-state index is 6.30. The standard InChI is InChI=1S/C17H20Cl2N2/c1-3-5-12-6-8-13(9-7-12)16-14(18)11-15(19)17(21-16)20-10-4-2/h6-9,11H,3-5,10H2,1-2H3,(H,20,21). The van der Waals surface area contributed by atoms with Crippen molar-refractivity contribution in [2.75, 3.05) is 11.9 Å². The van der Waals surface area contributed by atoms with Crippen LogP contribution in [-0.2, 0) is 6.42 Å². The maximum absolute atomic E-state index is 6.30. The van der Waals surface area contributed by atoms with Gasteiger partial charge in [-0.25, -0.2) is 4.98 Å². The van der Waals surface area contributed by atoms with Gasteiger partial charge in [0, 0.05) is 12.1 Å². The number of nitrogens with one attached hydrogen (secondary N) is 1. The van der Waals surface area contributed by atoms with E-state index < -0.39 is 0 Å². The highest BCUT2D eigenvalue weighted by atomic mass is 35.5. The van der Waals surface area contributed by atoms with Crippen LogP contribution >= 0.6 is 23.2 Å². The van der Waals surface area contributed by atoms with E-state index in [9.17, 15) is 0 Å². The molecule has 2 rings (SSSR count). The van der Waals surface area contributed by atoms with Gasteiger partial charge in [-0.2, -0.15) is 0 Å². The third-order valence-electron chi connectivity index (χ3n) is 3.24. The van der Waals surface area contributed by atoms with Crippen molar-refractivity contribution >= 4 is 29.0 Å². The molecular formula is C17H20Cl2N2. The van der Waals surface area contributed by atoms with Gasteiger partial charge in [0.15, 0.2) is 0 Å². The average molecular weight is 323 g/mol. The summed E-state index contributed by atoms with van der Waals surface area (Å²) in [5.41, 5.74) is 3.11. The van der Waals surface area contributed by atoms with Gasteiger partial charge in [-0.05, 0) is 24.5 Å². The van der Waals surface area contributed by atoms with Crippen molar-refractivity contribution in [3.63, 3.8) is 0 Å². The first-order valence-corrected chi connectivity index (χ1v) is 8.10. The number of hydrogen-bond acceptors (Lipinski definition) is 2. The Morgan fingerprint density at radius 2 is 1.71 bits per heavy atom. The Labute approximate surface area is 136 Å². The minimum atomic E-state index is 0.555. The Bertz CT molecular complexity index is 594. The molecule has 1 aromatic heterocycles. The summed E-state index contributed by atoms with van der Waals surface area (Å²) in [7, 11) is 0. The van der Waals surface area contributed by atoms with Crippen LogP contribution in [0, 0.1) is 0 Å². The monoisotopic (exact) mass is 322 g/mol. The first-order valence-electron chi connectivity index (χ1n) is 7.35. The van der Waals surface area contributed by atoms with E-state index in [1.165, 1.54) is 5.56 Å². The van der Waals surface area contributed by atoms with Crippen molar-refractivity contribution in [1.29, 1.82) is 0 Å². The van der Waals surface area contributed by atoms with Crippen LogP contribution in [0.1, 0.15) is 32.3 Å². The zero-order valence-corrected chi connectivity index (χ0v) is 13.9. The lowest BCUT2D eigenvalue weighted by Gasteiger charge is -2.11. The smallest absolute Gasteiger partial charge is 0.145 e. The minimum Gasteiger partial charge on any atom is -0.369 e. The van der Waals surface area contributed by atoms with Crippen LogP contribution in [0.5, 0.6) is 0 Å². The molecule has 0 aliphatic rings. The van der Waals surface area contributed by atoms with Crippen LogP contribution < -0.4 is 5.32 Å². The quantitative estimate of drug-likeness (QED) is 0.723. The molecule has 0 atom stereocenters. The zero-order valence-electron chi connectivity index (χ0n) is 12.4. The van der Waals surface area contributed by atoms with Crippen molar-refractivity contribution in [1.82, 2.24) is 4.98 Å². The van der Waals surface area contributed by atoms with Gasteiger partial charge in [-0.3, -0.25) is 0 Å².